The fourth-order valence-corrected chi connectivity index (χ4v) is 2.54. The maximum atomic E-state index is 12.4. The number of aryl methyl sites for hydroxylation is 1. The second kappa shape index (κ2) is 7.07. The Labute approximate surface area is 130 Å². The molecule has 0 fully saturated rings. The Balaban J connectivity index is 2.77. The quantitative estimate of drug-likeness (QED) is 0.789. The highest BCUT2D eigenvalue weighted by molar-refractivity contribution is 6.13. The van der Waals surface area contributed by atoms with Crippen LogP contribution in [-0.2, 0) is 15.9 Å². The molecule has 0 spiro atoms. The first kappa shape index (κ1) is 16.0. The summed E-state index contributed by atoms with van der Waals surface area (Å²) in [6.45, 7) is 6.01. The second-order valence-corrected chi connectivity index (χ2v) is 4.80. The van der Waals surface area contributed by atoms with Crippen molar-refractivity contribution in [1.82, 2.24) is 0 Å². The summed E-state index contributed by atoms with van der Waals surface area (Å²) < 4.78 is 10.2. The van der Waals surface area contributed by atoms with Crippen LogP contribution in [0.2, 0.25) is 0 Å². The molecule has 0 amide bonds. The first-order valence-electron chi connectivity index (χ1n) is 7.52. The molecule has 0 saturated heterocycles. The number of rotatable bonds is 5. The van der Waals surface area contributed by atoms with E-state index < -0.39 is 11.9 Å². The third kappa shape index (κ3) is 2.96. The summed E-state index contributed by atoms with van der Waals surface area (Å²) in [7, 11) is 0. The lowest BCUT2D eigenvalue weighted by Crippen LogP contribution is -2.15. The topological polar surface area (TPSA) is 52.6 Å². The monoisotopic (exact) mass is 300 g/mol. The van der Waals surface area contributed by atoms with Gasteiger partial charge in [0, 0.05) is 0 Å². The first-order valence-corrected chi connectivity index (χ1v) is 7.52. The summed E-state index contributed by atoms with van der Waals surface area (Å²) in [5.74, 6) is -0.990. The summed E-state index contributed by atoms with van der Waals surface area (Å²) in [6.07, 6.45) is 0.760. The molecule has 0 radical (unpaired) electrons. The molecular weight excluding hydrogens is 280 g/mol. The summed E-state index contributed by atoms with van der Waals surface area (Å²) in [5.41, 5.74) is 1.57. The third-order valence-corrected chi connectivity index (χ3v) is 3.49. The van der Waals surface area contributed by atoms with E-state index in [4.69, 9.17) is 9.47 Å². The third-order valence-electron chi connectivity index (χ3n) is 3.49. The zero-order valence-corrected chi connectivity index (χ0v) is 13.1. The zero-order chi connectivity index (χ0) is 16.1. The average Bonchev–Trinajstić information content (AvgIpc) is 2.53. The van der Waals surface area contributed by atoms with Crippen LogP contribution in [0.15, 0.2) is 30.3 Å². The smallest absolute Gasteiger partial charge is 0.339 e. The minimum absolute atomic E-state index is 0.255. The van der Waals surface area contributed by atoms with Gasteiger partial charge in [0.15, 0.2) is 0 Å². The molecule has 0 aromatic heterocycles. The van der Waals surface area contributed by atoms with E-state index in [-0.39, 0.29) is 24.3 Å². The van der Waals surface area contributed by atoms with Crippen molar-refractivity contribution in [1.29, 1.82) is 0 Å². The Hall–Kier alpha value is -2.36. The van der Waals surface area contributed by atoms with E-state index in [2.05, 4.69) is 0 Å². The molecule has 0 saturated carbocycles. The molecule has 0 N–H and O–H groups in total. The SMILES string of the molecule is CCOC(=O)c1cc(CC)c2ccccc2c1C(=O)OCC. The summed E-state index contributed by atoms with van der Waals surface area (Å²) in [6, 6.07) is 9.29. The number of esters is 2. The number of fused-ring (bicyclic) bond motifs is 1. The van der Waals surface area contributed by atoms with Gasteiger partial charge in [0.25, 0.3) is 0 Å². The van der Waals surface area contributed by atoms with E-state index in [9.17, 15) is 9.59 Å². The maximum absolute atomic E-state index is 12.4. The van der Waals surface area contributed by atoms with Gasteiger partial charge in [0.1, 0.15) is 0 Å². The fraction of sp³-hybridized carbons (Fsp3) is 0.333. The summed E-state index contributed by atoms with van der Waals surface area (Å²) in [5, 5.41) is 1.68. The van der Waals surface area contributed by atoms with Crippen molar-refractivity contribution < 1.29 is 19.1 Å². The van der Waals surface area contributed by atoms with Crippen LogP contribution in [0.25, 0.3) is 10.8 Å². The van der Waals surface area contributed by atoms with E-state index in [0.717, 1.165) is 22.8 Å². The van der Waals surface area contributed by atoms with Crippen LogP contribution in [0.3, 0.4) is 0 Å². The van der Waals surface area contributed by atoms with Crippen molar-refractivity contribution in [3.63, 3.8) is 0 Å². The van der Waals surface area contributed by atoms with Crippen LogP contribution >= 0.6 is 0 Å². The fourth-order valence-electron chi connectivity index (χ4n) is 2.54. The largest absolute Gasteiger partial charge is 0.462 e. The molecule has 22 heavy (non-hydrogen) atoms. The second-order valence-electron chi connectivity index (χ2n) is 4.80. The number of benzene rings is 2. The molecule has 116 valence electrons. The molecule has 0 unspecified atom stereocenters. The van der Waals surface area contributed by atoms with Crippen LogP contribution in [0, 0.1) is 0 Å². The van der Waals surface area contributed by atoms with Crippen molar-refractivity contribution in [2.24, 2.45) is 0 Å². The van der Waals surface area contributed by atoms with Crippen LogP contribution in [0.1, 0.15) is 47.1 Å². The number of hydrogen-bond acceptors (Lipinski definition) is 4. The lowest BCUT2D eigenvalue weighted by molar-refractivity contribution is 0.0480. The minimum Gasteiger partial charge on any atom is -0.462 e. The van der Waals surface area contributed by atoms with Crippen LogP contribution in [0.5, 0.6) is 0 Å². The van der Waals surface area contributed by atoms with E-state index in [0.29, 0.717) is 0 Å². The number of carbonyl (C=O) groups is 2. The minimum atomic E-state index is -0.496. The van der Waals surface area contributed by atoms with Gasteiger partial charge in [-0.05, 0) is 42.7 Å². The van der Waals surface area contributed by atoms with Gasteiger partial charge in [-0.1, -0.05) is 31.2 Å². The highest BCUT2D eigenvalue weighted by Gasteiger charge is 2.23. The lowest BCUT2D eigenvalue weighted by Gasteiger charge is -2.14. The van der Waals surface area contributed by atoms with E-state index in [1.807, 2.05) is 31.2 Å². The molecule has 2 aromatic carbocycles. The predicted molar refractivity (Wildman–Crippen MR) is 85.2 cm³/mol. The Bertz CT molecular complexity index is 704. The average molecular weight is 300 g/mol. The number of carbonyl (C=O) groups excluding carboxylic acids is 2. The van der Waals surface area contributed by atoms with Gasteiger partial charge in [0.05, 0.1) is 24.3 Å². The number of hydrogen-bond donors (Lipinski definition) is 0. The molecule has 0 heterocycles. The highest BCUT2D eigenvalue weighted by atomic mass is 16.5. The van der Waals surface area contributed by atoms with Crippen molar-refractivity contribution in [2.75, 3.05) is 13.2 Å². The lowest BCUT2D eigenvalue weighted by atomic mass is 9.93. The van der Waals surface area contributed by atoms with E-state index >= 15 is 0 Å². The van der Waals surface area contributed by atoms with Crippen LogP contribution in [-0.4, -0.2) is 25.2 Å². The molecule has 0 bridgehead atoms. The van der Waals surface area contributed by atoms with Gasteiger partial charge in [-0.25, -0.2) is 9.59 Å². The van der Waals surface area contributed by atoms with Gasteiger partial charge >= 0.3 is 11.9 Å². The Morgan fingerprint density at radius 3 is 2.09 bits per heavy atom. The van der Waals surface area contributed by atoms with E-state index in [1.165, 1.54) is 0 Å². The molecule has 0 aliphatic rings. The zero-order valence-electron chi connectivity index (χ0n) is 13.1. The molecule has 0 aliphatic heterocycles. The molecule has 4 heteroatoms. The molecule has 4 nitrogen and oxygen atoms in total. The van der Waals surface area contributed by atoms with Crippen molar-refractivity contribution in [3.8, 4) is 0 Å². The molecule has 2 aromatic rings. The standard InChI is InChI=1S/C18H20O4/c1-4-12-11-15(17(19)21-5-2)16(18(20)22-6-3)14-10-8-7-9-13(12)14/h7-11H,4-6H2,1-3H3. The maximum Gasteiger partial charge on any atom is 0.339 e. The summed E-state index contributed by atoms with van der Waals surface area (Å²) in [4.78, 5) is 24.6. The van der Waals surface area contributed by atoms with Gasteiger partial charge in [-0.15, -0.1) is 0 Å². The Morgan fingerprint density at radius 2 is 1.50 bits per heavy atom. The van der Waals surface area contributed by atoms with Gasteiger partial charge in [0.2, 0.25) is 0 Å². The Kier molecular flexibility index (Phi) is 5.15. The predicted octanol–water partition coefficient (Wildman–Crippen LogP) is 3.76. The first-order chi connectivity index (χ1) is 10.6. The Morgan fingerprint density at radius 1 is 0.909 bits per heavy atom. The normalized spacial score (nSPS) is 10.5. The highest BCUT2D eigenvalue weighted by Crippen LogP contribution is 2.28. The molecule has 2 rings (SSSR count). The van der Waals surface area contributed by atoms with E-state index in [1.54, 1.807) is 19.9 Å². The number of ether oxygens (including phenoxy) is 2. The van der Waals surface area contributed by atoms with Crippen molar-refractivity contribution in [2.45, 2.75) is 27.2 Å². The van der Waals surface area contributed by atoms with Gasteiger partial charge in [-0.2, -0.15) is 0 Å². The van der Waals surface area contributed by atoms with Crippen molar-refractivity contribution in [3.05, 3.63) is 47.0 Å². The van der Waals surface area contributed by atoms with Gasteiger partial charge < -0.3 is 9.47 Å². The molecule has 0 atom stereocenters. The van der Waals surface area contributed by atoms with Crippen LogP contribution in [0.4, 0.5) is 0 Å². The molecule has 0 aliphatic carbocycles. The van der Waals surface area contributed by atoms with Crippen molar-refractivity contribution >= 4 is 22.7 Å². The van der Waals surface area contributed by atoms with Gasteiger partial charge in [-0.3, -0.25) is 0 Å². The molecular formula is C18H20O4. The van der Waals surface area contributed by atoms with Crippen LogP contribution < -0.4 is 0 Å². The summed E-state index contributed by atoms with van der Waals surface area (Å²) >= 11 is 0.